The molecule has 3 heteroatoms. The first-order valence-electron chi connectivity index (χ1n) is 5.60. The Morgan fingerprint density at radius 2 is 2.12 bits per heavy atom. The topological polar surface area (TPSA) is 27.0 Å². The van der Waals surface area contributed by atoms with Gasteiger partial charge in [-0.2, -0.15) is 5.26 Å². The molecule has 86 valence electrons. The van der Waals surface area contributed by atoms with Gasteiger partial charge in [0.05, 0.1) is 17.3 Å². The van der Waals surface area contributed by atoms with Crippen LogP contribution < -0.4 is 4.90 Å². The fourth-order valence-electron chi connectivity index (χ4n) is 1.75. The molecule has 0 aliphatic heterocycles. The predicted octanol–water partition coefficient (Wildman–Crippen LogP) is 3.95. The summed E-state index contributed by atoms with van der Waals surface area (Å²) in [6.07, 6.45) is 1.11. The summed E-state index contributed by atoms with van der Waals surface area (Å²) in [5.74, 6) is 0. The van der Waals surface area contributed by atoms with Crippen molar-refractivity contribution >= 4 is 21.6 Å². The highest BCUT2D eigenvalue weighted by Crippen LogP contribution is 2.29. The maximum absolute atomic E-state index is 8.82. The fourth-order valence-corrected chi connectivity index (χ4v) is 2.36. The molecular formula is C13H17BrN2. The minimum Gasteiger partial charge on any atom is -0.368 e. The van der Waals surface area contributed by atoms with Gasteiger partial charge in [0, 0.05) is 17.1 Å². The van der Waals surface area contributed by atoms with Gasteiger partial charge in [0.25, 0.3) is 0 Å². The number of hydrogen-bond donors (Lipinski definition) is 0. The smallest absolute Gasteiger partial charge is 0.0992 e. The Balaban J connectivity index is 3.07. The van der Waals surface area contributed by atoms with E-state index < -0.39 is 0 Å². The van der Waals surface area contributed by atoms with Crippen molar-refractivity contribution in [1.29, 1.82) is 5.26 Å². The molecule has 0 aliphatic rings. The number of rotatable bonds is 4. The summed E-state index contributed by atoms with van der Waals surface area (Å²) in [5, 5.41) is 8.82. The standard InChI is InChI=1S/C13H17BrN2/c1-4-10(3)16(5-2)13-7-6-11(9-15)8-12(13)14/h6-8,10H,4-5H2,1-3H3. The molecule has 0 aliphatic carbocycles. The van der Waals surface area contributed by atoms with E-state index in [1.807, 2.05) is 18.2 Å². The van der Waals surface area contributed by atoms with E-state index in [4.69, 9.17) is 5.26 Å². The third kappa shape index (κ3) is 2.76. The van der Waals surface area contributed by atoms with E-state index >= 15 is 0 Å². The van der Waals surface area contributed by atoms with E-state index in [2.05, 4.69) is 47.7 Å². The van der Waals surface area contributed by atoms with Crippen molar-refractivity contribution in [3.05, 3.63) is 28.2 Å². The van der Waals surface area contributed by atoms with E-state index in [9.17, 15) is 0 Å². The summed E-state index contributed by atoms with van der Waals surface area (Å²) < 4.78 is 0.994. The average molecular weight is 281 g/mol. The maximum atomic E-state index is 8.82. The van der Waals surface area contributed by atoms with Gasteiger partial charge in [0.15, 0.2) is 0 Å². The zero-order valence-corrected chi connectivity index (χ0v) is 11.6. The van der Waals surface area contributed by atoms with E-state index in [1.54, 1.807) is 0 Å². The first-order valence-corrected chi connectivity index (χ1v) is 6.39. The summed E-state index contributed by atoms with van der Waals surface area (Å²) in [7, 11) is 0. The van der Waals surface area contributed by atoms with Gasteiger partial charge in [-0.25, -0.2) is 0 Å². The molecule has 0 N–H and O–H groups in total. The monoisotopic (exact) mass is 280 g/mol. The van der Waals surface area contributed by atoms with Crippen LogP contribution in [0.15, 0.2) is 22.7 Å². The van der Waals surface area contributed by atoms with Crippen molar-refractivity contribution in [3.63, 3.8) is 0 Å². The van der Waals surface area contributed by atoms with E-state index in [1.165, 1.54) is 0 Å². The Morgan fingerprint density at radius 3 is 2.56 bits per heavy atom. The zero-order chi connectivity index (χ0) is 12.1. The normalized spacial score (nSPS) is 11.9. The van der Waals surface area contributed by atoms with Gasteiger partial charge < -0.3 is 4.90 Å². The summed E-state index contributed by atoms with van der Waals surface area (Å²) >= 11 is 3.53. The Hall–Kier alpha value is -1.01. The van der Waals surface area contributed by atoms with Crippen molar-refractivity contribution in [1.82, 2.24) is 0 Å². The fraction of sp³-hybridized carbons (Fsp3) is 0.462. The molecule has 0 spiro atoms. The van der Waals surface area contributed by atoms with Gasteiger partial charge in [-0.1, -0.05) is 6.92 Å². The van der Waals surface area contributed by atoms with Crippen LogP contribution in [0, 0.1) is 11.3 Å². The van der Waals surface area contributed by atoms with E-state index in [0.717, 1.165) is 23.1 Å². The summed E-state index contributed by atoms with van der Waals surface area (Å²) in [5.41, 5.74) is 1.85. The van der Waals surface area contributed by atoms with Gasteiger partial charge in [-0.05, 0) is 54.4 Å². The van der Waals surface area contributed by atoms with Crippen LogP contribution >= 0.6 is 15.9 Å². The number of hydrogen-bond acceptors (Lipinski definition) is 2. The van der Waals surface area contributed by atoms with Crippen LogP contribution in [0.4, 0.5) is 5.69 Å². The van der Waals surface area contributed by atoms with Crippen LogP contribution in [0.1, 0.15) is 32.8 Å². The second kappa shape index (κ2) is 5.91. The van der Waals surface area contributed by atoms with Gasteiger partial charge in [-0.3, -0.25) is 0 Å². The highest BCUT2D eigenvalue weighted by molar-refractivity contribution is 9.10. The highest BCUT2D eigenvalue weighted by atomic mass is 79.9. The number of nitrogens with zero attached hydrogens (tertiary/aromatic N) is 2. The molecule has 0 amide bonds. The third-order valence-corrected chi connectivity index (χ3v) is 3.48. The number of benzene rings is 1. The van der Waals surface area contributed by atoms with E-state index in [0.29, 0.717) is 11.6 Å². The van der Waals surface area contributed by atoms with Gasteiger partial charge in [0.2, 0.25) is 0 Å². The van der Waals surface area contributed by atoms with Crippen LogP contribution in [0.5, 0.6) is 0 Å². The molecule has 2 nitrogen and oxygen atoms in total. The Labute approximate surface area is 106 Å². The van der Waals surface area contributed by atoms with Crippen molar-refractivity contribution in [2.24, 2.45) is 0 Å². The second-order valence-corrected chi connectivity index (χ2v) is 4.68. The quantitative estimate of drug-likeness (QED) is 0.835. The molecule has 0 heterocycles. The summed E-state index contributed by atoms with van der Waals surface area (Å²) in [6, 6.07) is 8.41. The van der Waals surface area contributed by atoms with Gasteiger partial charge in [-0.15, -0.1) is 0 Å². The largest absolute Gasteiger partial charge is 0.368 e. The molecular weight excluding hydrogens is 264 g/mol. The van der Waals surface area contributed by atoms with Crippen LogP contribution in [0.2, 0.25) is 0 Å². The predicted molar refractivity (Wildman–Crippen MR) is 71.6 cm³/mol. The van der Waals surface area contributed by atoms with Crippen molar-refractivity contribution in [2.45, 2.75) is 33.2 Å². The Morgan fingerprint density at radius 1 is 1.44 bits per heavy atom. The molecule has 1 aromatic rings. The SMILES string of the molecule is CCC(C)N(CC)c1ccc(C#N)cc1Br. The van der Waals surface area contributed by atoms with Crippen molar-refractivity contribution in [3.8, 4) is 6.07 Å². The summed E-state index contributed by atoms with van der Waals surface area (Å²) in [4.78, 5) is 2.34. The lowest BCUT2D eigenvalue weighted by molar-refractivity contribution is 0.629. The van der Waals surface area contributed by atoms with Gasteiger partial charge in [0.1, 0.15) is 0 Å². The molecule has 0 fully saturated rings. The Bertz CT molecular complexity index is 395. The minimum atomic E-state index is 0.509. The third-order valence-electron chi connectivity index (χ3n) is 2.85. The van der Waals surface area contributed by atoms with Crippen LogP contribution in [0.25, 0.3) is 0 Å². The van der Waals surface area contributed by atoms with Crippen LogP contribution in [-0.2, 0) is 0 Å². The molecule has 1 rings (SSSR count). The average Bonchev–Trinajstić information content (AvgIpc) is 2.31. The number of anilines is 1. The molecule has 0 bridgehead atoms. The molecule has 0 radical (unpaired) electrons. The minimum absolute atomic E-state index is 0.509. The van der Waals surface area contributed by atoms with E-state index in [-0.39, 0.29) is 0 Å². The first kappa shape index (κ1) is 13.1. The maximum Gasteiger partial charge on any atom is 0.0992 e. The molecule has 0 saturated heterocycles. The molecule has 16 heavy (non-hydrogen) atoms. The lowest BCUT2D eigenvalue weighted by atomic mass is 10.1. The number of nitriles is 1. The lowest BCUT2D eigenvalue weighted by Crippen LogP contribution is -2.32. The van der Waals surface area contributed by atoms with Crippen LogP contribution in [0.3, 0.4) is 0 Å². The molecule has 1 atom stereocenters. The number of halogens is 1. The highest BCUT2D eigenvalue weighted by Gasteiger charge is 2.13. The zero-order valence-electron chi connectivity index (χ0n) is 10.00. The molecule has 0 aromatic heterocycles. The van der Waals surface area contributed by atoms with Crippen molar-refractivity contribution < 1.29 is 0 Å². The van der Waals surface area contributed by atoms with Crippen LogP contribution in [-0.4, -0.2) is 12.6 Å². The molecule has 0 saturated carbocycles. The van der Waals surface area contributed by atoms with Crippen molar-refractivity contribution in [2.75, 3.05) is 11.4 Å². The Kier molecular flexibility index (Phi) is 4.82. The lowest BCUT2D eigenvalue weighted by Gasteiger charge is -2.30. The molecule has 1 aromatic carbocycles. The molecule has 1 unspecified atom stereocenters. The second-order valence-electron chi connectivity index (χ2n) is 3.82. The summed E-state index contributed by atoms with van der Waals surface area (Å²) in [6.45, 7) is 7.52. The van der Waals surface area contributed by atoms with Gasteiger partial charge >= 0.3 is 0 Å². The first-order chi connectivity index (χ1) is 7.63.